The SMILES string of the molecule is CC=O.O[C@H]1C[C@@H](OCc2ccc(-c3ccccc3)cc2)C[C@@H]1N1CCCCC1. The molecule has 0 aromatic heterocycles. The molecule has 4 heteroatoms. The van der Waals surface area contributed by atoms with Gasteiger partial charge in [-0.25, -0.2) is 0 Å². The van der Waals surface area contributed by atoms with Gasteiger partial charge in [0.2, 0.25) is 0 Å². The van der Waals surface area contributed by atoms with Gasteiger partial charge in [-0.15, -0.1) is 0 Å². The maximum atomic E-state index is 10.4. The Balaban J connectivity index is 0.000000755. The predicted octanol–water partition coefficient (Wildman–Crippen LogP) is 4.45. The maximum Gasteiger partial charge on any atom is 0.116 e. The predicted molar refractivity (Wildman–Crippen MR) is 117 cm³/mol. The fraction of sp³-hybridized carbons (Fsp3) is 0.480. The first-order valence-corrected chi connectivity index (χ1v) is 10.8. The number of rotatable bonds is 5. The Morgan fingerprint density at radius 3 is 2.24 bits per heavy atom. The van der Waals surface area contributed by atoms with Gasteiger partial charge in [-0.05, 0) is 56.0 Å². The number of ether oxygens (including phenoxy) is 1. The lowest BCUT2D eigenvalue weighted by Crippen LogP contribution is -2.43. The van der Waals surface area contributed by atoms with Crippen molar-refractivity contribution in [3.05, 3.63) is 60.2 Å². The molecule has 2 fully saturated rings. The number of likely N-dealkylation sites (tertiary alicyclic amines) is 1. The van der Waals surface area contributed by atoms with E-state index in [0.29, 0.717) is 12.6 Å². The van der Waals surface area contributed by atoms with Crippen LogP contribution in [0.2, 0.25) is 0 Å². The number of piperidine rings is 1. The largest absolute Gasteiger partial charge is 0.391 e. The standard InChI is InChI=1S/C23H29NO2.C2H4O/c25-23-16-21(15-22(23)24-13-5-2-6-14-24)26-17-18-9-11-20(12-10-18)19-7-3-1-4-8-19;1-2-3/h1,3-4,7-12,21-23,25H,2,5-6,13-17H2;2H,1H3/t21-,22-,23-;/m0./s1. The smallest absolute Gasteiger partial charge is 0.116 e. The van der Waals surface area contributed by atoms with E-state index in [1.54, 1.807) is 0 Å². The molecule has 29 heavy (non-hydrogen) atoms. The zero-order chi connectivity index (χ0) is 20.5. The third-order valence-corrected chi connectivity index (χ3v) is 5.86. The van der Waals surface area contributed by atoms with Crippen LogP contribution in [0.5, 0.6) is 0 Å². The topological polar surface area (TPSA) is 49.8 Å². The van der Waals surface area contributed by atoms with Gasteiger partial charge in [-0.1, -0.05) is 61.0 Å². The first-order chi connectivity index (χ1) is 14.2. The minimum absolute atomic E-state index is 0.172. The van der Waals surface area contributed by atoms with E-state index in [0.717, 1.165) is 32.2 Å². The molecule has 2 aromatic rings. The highest BCUT2D eigenvalue weighted by Gasteiger charge is 2.37. The van der Waals surface area contributed by atoms with Gasteiger partial charge in [0.1, 0.15) is 6.29 Å². The molecule has 1 heterocycles. The van der Waals surface area contributed by atoms with E-state index in [4.69, 9.17) is 9.53 Å². The molecule has 1 N–H and O–H groups in total. The van der Waals surface area contributed by atoms with Crippen molar-refractivity contribution in [2.24, 2.45) is 0 Å². The lowest BCUT2D eigenvalue weighted by Gasteiger charge is -2.33. The molecule has 4 rings (SSSR count). The van der Waals surface area contributed by atoms with Crippen LogP contribution in [0.15, 0.2) is 54.6 Å². The fourth-order valence-electron chi connectivity index (χ4n) is 4.37. The van der Waals surface area contributed by atoms with Crippen LogP contribution in [0.1, 0.15) is 44.6 Å². The van der Waals surface area contributed by atoms with Gasteiger partial charge in [0.05, 0.1) is 18.8 Å². The molecule has 0 spiro atoms. The van der Waals surface area contributed by atoms with Crippen LogP contribution < -0.4 is 0 Å². The van der Waals surface area contributed by atoms with Gasteiger partial charge < -0.3 is 14.6 Å². The number of aliphatic hydroxyl groups excluding tert-OH is 1. The molecule has 1 saturated heterocycles. The number of nitrogens with zero attached hydrogens (tertiary/aromatic N) is 1. The zero-order valence-corrected chi connectivity index (χ0v) is 17.4. The molecule has 1 aliphatic carbocycles. The van der Waals surface area contributed by atoms with Crippen LogP contribution >= 0.6 is 0 Å². The average molecular weight is 396 g/mol. The van der Waals surface area contributed by atoms with Crippen molar-refractivity contribution in [1.82, 2.24) is 4.90 Å². The Labute approximate surface area is 174 Å². The molecule has 4 nitrogen and oxygen atoms in total. The Hall–Kier alpha value is -2.01. The third kappa shape index (κ3) is 6.23. The molecular formula is C25H33NO3. The summed E-state index contributed by atoms with van der Waals surface area (Å²) in [4.78, 5) is 11.3. The number of carbonyl (C=O) groups is 1. The summed E-state index contributed by atoms with van der Waals surface area (Å²) in [6.45, 7) is 4.34. The number of hydrogen-bond donors (Lipinski definition) is 1. The molecular weight excluding hydrogens is 362 g/mol. The van der Waals surface area contributed by atoms with Crippen LogP contribution in [0.25, 0.3) is 11.1 Å². The van der Waals surface area contributed by atoms with Gasteiger partial charge in [-0.3, -0.25) is 4.90 Å². The summed E-state index contributed by atoms with van der Waals surface area (Å²) in [5, 5.41) is 10.4. The van der Waals surface area contributed by atoms with Crippen molar-refractivity contribution in [2.45, 2.75) is 63.9 Å². The highest BCUT2D eigenvalue weighted by atomic mass is 16.5. The highest BCUT2D eigenvalue weighted by molar-refractivity contribution is 5.63. The molecule has 0 bridgehead atoms. The van der Waals surface area contributed by atoms with Gasteiger partial charge in [-0.2, -0.15) is 0 Å². The quantitative estimate of drug-likeness (QED) is 0.760. The van der Waals surface area contributed by atoms with Crippen LogP contribution in [0, 0.1) is 0 Å². The van der Waals surface area contributed by atoms with E-state index in [1.807, 2.05) is 6.07 Å². The van der Waals surface area contributed by atoms with Crippen molar-refractivity contribution < 1.29 is 14.6 Å². The molecule has 2 aromatic carbocycles. The number of aldehydes is 1. The first kappa shape index (κ1) is 21.7. The molecule has 0 amide bonds. The van der Waals surface area contributed by atoms with E-state index in [-0.39, 0.29) is 12.2 Å². The summed E-state index contributed by atoms with van der Waals surface area (Å²) < 4.78 is 6.14. The second kappa shape index (κ2) is 11.2. The molecule has 156 valence electrons. The van der Waals surface area contributed by atoms with Crippen molar-refractivity contribution in [3.63, 3.8) is 0 Å². The molecule has 0 unspecified atom stereocenters. The molecule has 3 atom stereocenters. The van der Waals surface area contributed by atoms with Crippen LogP contribution in [0.3, 0.4) is 0 Å². The second-order valence-electron chi connectivity index (χ2n) is 7.93. The summed E-state index contributed by atoms with van der Waals surface area (Å²) in [7, 11) is 0. The molecule has 1 aliphatic heterocycles. The third-order valence-electron chi connectivity index (χ3n) is 5.86. The summed E-state index contributed by atoms with van der Waals surface area (Å²) in [6.07, 6.45) is 6.28. The van der Waals surface area contributed by atoms with E-state index >= 15 is 0 Å². The summed E-state index contributed by atoms with van der Waals surface area (Å²) in [5.41, 5.74) is 3.67. The molecule has 2 aliphatic rings. The van der Waals surface area contributed by atoms with Gasteiger partial charge in [0.25, 0.3) is 0 Å². The fourth-order valence-corrected chi connectivity index (χ4v) is 4.37. The van der Waals surface area contributed by atoms with Crippen LogP contribution in [-0.4, -0.2) is 47.6 Å². The Morgan fingerprint density at radius 2 is 1.59 bits per heavy atom. The normalized spacial score (nSPS) is 24.6. The van der Waals surface area contributed by atoms with E-state index < -0.39 is 0 Å². The van der Waals surface area contributed by atoms with Crippen molar-refractivity contribution in [3.8, 4) is 11.1 Å². The lowest BCUT2D eigenvalue weighted by molar-refractivity contribution is -0.106. The van der Waals surface area contributed by atoms with E-state index in [2.05, 4.69) is 53.4 Å². The minimum atomic E-state index is -0.237. The highest BCUT2D eigenvalue weighted by Crippen LogP contribution is 2.30. The lowest BCUT2D eigenvalue weighted by atomic mass is 10.0. The van der Waals surface area contributed by atoms with Crippen molar-refractivity contribution in [1.29, 1.82) is 0 Å². The molecule has 1 saturated carbocycles. The summed E-state index contributed by atoms with van der Waals surface area (Å²) >= 11 is 0. The minimum Gasteiger partial charge on any atom is -0.391 e. The average Bonchev–Trinajstić information content (AvgIpc) is 3.15. The van der Waals surface area contributed by atoms with Gasteiger partial charge >= 0.3 is 0 Å². The zero-order valence-electron chi connectivity index (χ0n) is 17.4. The van der Waals surface area contributed by atoms with Crippen molar-refractivity contribution >= 4 is 6.29 Å². The van der Waals surface area contributed by atoms with Gasteiger partial charge in [0, 0.05) is 12.5 Å². The molecule has 0 radical (unpaired) electrons. The monoisotopic (exact) mass is 395 g/mol. The second-order valence-corrected chi connectivity index (χ2v) is 7.93. The number of aliphatic hydroxyl groups is 1. The Morgan fingerprint density at radius 1 is 0.966 bits per heavy atom. The Kier molecular flexibility index (Phi) is 8.41. The summed E-state index contributed by atoms with van der Waals surface area (Å²) in [6, 6.07) is 19.3. The first-order valence-electron chi connectivity index (χ1n) is 10.8. The number of benzene rings is 2. The van der Waals surface area contributed by atoms with E-state index in [9.17, 15) is 5.11 Å². The maximum absolute atomic E-state index is 10.4. The van der Waals surface area contributed by atoms with Crippen molar-refractivity contribution in [2.75, 3.05) is 13.1 Å². The Bertz CT molecular complexity index is 725. The van der Waals surface area contributed by atoms with Gasteiger partial charge in [0.15, 0.2) is 0 Å². The van der Waals surface area contributed by atoms with Crippen LogP contribution in [-0.2, 0) is 16.1 Å². The number of hydrogen-bond acceptors (Lipinski definition) is 4. The van der Waals surface area contributed by atoms with Crippen LogP contribution in [0.4, 0.5) is 0 Å². The summed E-state index contributed by atoms with van der Waals surface area (Å²) in [5.74, 6) is 0. The van der Waals surface area contributed by atoms with E-state index in [1.165, 1.54) is 42.9 Å². The number of carbonyl (C=O) groups excluding carboxylic acids is 1.